The molecule has 0 spiro atoms. The van der Waals surface area contributed by atoms with Crippen molar-refractivity contribution in [2.75, 3.05) is 0 Å². The van der Waals surface area contributed by atoms with Crippen molar-refractivity contribution >= 4 is 55.0 Å². The Hall–Kier alpha value is -7.17. The van der Waals surface area contributed by atoms with Crippen LogP contribution >= 0.6 is 0 Å². The average Bonchev–Trinajstić information content (AvgIpc) is 3.92. The largest absolute Gasteiger partial charge is 0.359 e. The Bertz CT molecular complexity index is 3290. The number of benzene rings is 8. The molecule has 0 radical (unpaired) electrons. The molecule has 0 fully saturated rings. The van der Waals surface area contributed by atoms with Crippen molar-refractivity contribution < 1.29 is 0 Å². The van der Waals surface area contributed by atoms with Gasteiger partial charge >= 0.3 is 0 Å². The van der Waals surface area contributed by atoms with E-state index in [1.54, 1.807) is 0 Å². The highest BCUT2D eigenvalue weighted by atomic mass is 15.1. The molecule has 1 unspecified atom stereocenters. The van der Waals surface area contributed by atoms with Crippen molar-refractivity contribution in [3.63, 3.8) is 0 Å². The van der Waals surface area contributed by atoms with Crippen LogP contribution in [0.25, 0.3) is 66.0 Å². The number of nitrogens with zero attached hydrogens (tertiary/aromatic N) is 3. The molecule has 3 heterocycles. The third-order valence-electron chi connectivity index (χ3n) is 12.6. The molecule has 0 bridgehead atoms. The molecule has 2 aliphatic rings. The van der Waals surface area contributed by atoms with E-state index in [1.165, 1.54) is 76.9 Å². The Morgan fingerprint density at radius 1 is 0.561 bits per heavy atom. The van der Waals surface area contributed by atoms with Gasteiger partial charge in [0.05, 0.1) is 28.3 Å². The number of amidine groups is 1. The molecule has 0 saturated carbocycles. The Morgan fingerprint density at radius 2 is 1.32 bits per heavy atom. The number of aliphatic imine (C=N–C) groups is 1. The van der Waals surface area contributed by atoms with E-state index in [0.29, 0.717) is 0 Å². The summed E-state index contributed by atoms with van der Waals surface area (Å²) < 4.78 is 4.75. The number of rotatable bonds is 4. The first-order valence-electron chi connectivity index (χ1n) is 19.8. The average molecular weight is 731 g/mol. The molecule has 1 atom stereocenters. The molecule has 0 amide bonds. The molecule has 12 rings (SSSR count). The lowest BCUT2D eigenvalue weighted by atomic mass is 9.81. The number of nitrogens with one attached hydrogen (secondary N) is 1. The Balaban J connectivity index is 0.986. The smallest absolute Gasteiger partial charge is 0.134 e. The summed E-state index contributed by atoms with van der Waals surface area (Å²) in [5.74, 6) is 0.879. The highest BCUT2D eigenvalue weighted by Crippen LogP contribution is 2.50. The molecule has 1 N–H and O–H groups in total. The maximum Gasteiger partial charge on any atom is 0.134 e. The lowest BCUT2D eigenvalue weighted by molar-refractivity contribution is 0.656. The topological polar surface area (TPSA) is 34.2 Å². The minimum atomic E-state index is -0.0717. The second-order valence-corrected chi connectivity index (χ2v) is 16.1. The van der Waals surface area contributed by atoms with Crippen molar-refractivity contribution in [1.82, 2.24) is 14.5 Å². The van der Waals surface area contributed by atoms with Crippen LogP contribution < -0.4 is 5.32 Å². The maximum atomic E-state index is 5.22. The number of hydrogen-bond acceptors (Lipinski definition) is 2. The first kappa shape index (κ1) is 32.1. The zero-order valence-corrected chi connectivity index (χ0v) is 31.7. The maximum absolute atomic E-state index is 5.22. The van der Waals surface area contributed by atoms with E-state index in [0.717, 1.165) is 28.5 Å². The zero-order chi connectivity index (χ0) is 37.8. The van der Waals surface area contributed by atoms with Crippen LogP contribution in [0.1, 0.15) is 47.7 Å². The van der Waals surface area contributed by atoms with Gasteiger partial charge < -0.3 is 14.5 Å². The standard InChI is InChI=1S/C53H38N4/c1-53(2)44-18-10-8-16-39(44)40-26-22-35(32-45(40)53)50-41-17-9-11-19-46(41)54-52(55-50)34-20-24-37(25-21-34)57-48-28-23-33-12-6-7-15-38(33)49(48)43-27-29-47-42(51(43)57)30-31-56(47)36-13-4-3-5-14-36/h3-32,50H,1-2H3,(H,54,55). The number of para-hydroxylation sites is 2. The van der Waals surface area contributed by atoms with Gasteiger partial charge in [-0.3, -0.25) is 0 Å². The number of aromatic nitrogens is 2. The minimum Gasteiger partial charge on any atom is -0.359 e. The lowest BCUT2D eigenvalue weighted by Crippen LogP contribution is -2.33. The van der Waals surface area contributed by atoms with E-state index < -0.39 is 0 Å². The summed E-state index contributed by atoms with van der Waals surface area (Å²) in [6.45, 7) is 4.70. The molecular formula is C53H38N4. The fraction of sp³-hybridized carbons (Fsp3) is 0.0755. The van der Waals surface area contributed by atoms with Crippen LogP contribution in [0.4, 0.5) is 5.69 Å². The predicted octanol–water partition coefficient (Wildman–Crippen LogP) is 13.0. The van der Waals surface area contributed by atoms with Crippen LogP contribution in [0, 0.1) is 0 Å². The number of fused-ring (bicyclic) bond motifs is 11. The van der Waals surface area contributed by atoms with Crippen molar-refractivity contribution in [1.29, 1.82) is 0 Å². The summed E-state index contributed by atoms with van der Waals surface area (Å²) in [5, 5.41) is 10.2. The van der Waals surface area contributed by atoms with Crippen LogP contribution in [-0.4, -0.2) is 15.0 Å². The monoisotopic (exact) mass is 730 g/mol. The van der Waals surface area contributed by atoms with Crippen LogP contribution in [-0.2, 0) is 5.41 Å². The highest BCUT2D eigenvalue weighted by molar-refractivity contribution is 6.26. The summed E-state index contributed by atoms with van der Waals surface area (Å²) in [7, 11) is 0. The van der Waals surface area contributed by atoms with Gasteiger partial charge in [-0.25, -0.2) is 4.99 Å². The van der Waals surface area contributed by atoms with E-state index in [2.05, 4.69) is 210 Å². The van der Waals surface area contributed by atoms with Gasteiger partial charge in [-0.15, -0.1) is 0 Å². The van der Waals surface area contributed by atoms with Gasteiger partial charge in [0.25, 0.3) is 0 Å². The van der Waals surface area contributed by atoms with Crippen LogP contribution in [0.15, 0.2) is 187 Å². The molecule has 1 aliphatic carbocycles. The summed E-state index contributed by atoms with van der Waals surface area (Å²) in [6.07, 6.45) is 2.20. The SMILES string of the molecule is CC1(C)c2ccccc2-c2ccc(C3NC(c4ccc(-n5c6ccc7ccccc7c6c6ccc7c(ccn7-c7ccccc7)c65)cc4)=Nc4ccccc43)cc21. The lowest BCUT2D eigenvalue weighted by Gasteiger charge is -2.29. The van der Waals surface area contributed by atoms with Crippen molar-refractivity contribution in [3.05, 3.63) is 210 Å². The van der Waals surface area contributed by atoms with Crippen molar-refractivity contribution in [2.24, 2.45) is 4.99 Å². The molecule has 8 aromatic carbocycles. The highest BCUT2D eigenvalue weighted by Gasteiger charge is 2.36. The third kappa shape index (κ3) is 4.65. The van der Waals surface area contributed by atoms with E-state index in [9.17, 15) is 0 Å². The molecule has 4 nitrogen and oxygen atoms in total. The summed E-state index contributed by atoms with van der Waals surface area (Å²) in [5.41, 5.74) is 15.7. The Morgan fingerprint density at radius 3 is 2.21 bits per heavy atom. The van der Waals surface area contributed by atoms with E-state index in [4.69, 9.17) is 4.99 Å². The van der Waals surface area contributed by atoms with Gasteiger partial charge in [0.2, 0.25) is 0 Å². The van der Waals surface area contributed by atoms with Gasteiger partial charge in [-0.1, -0.05) is 129 Å². The fourth-order valence-corrected chi connectivity index (χ4v) is 9.86. The Kier molecular flexibility index (Phi) is 6.71. The fourth-order valence-electron chi connectivity index (χ4n) is 9.86. The molecule has 270 valence electrons. The first-order valence-corrected chi connectivity index (χ1v) is 19.8. The van der Waals surface area contributed by atoms with Gasteiger partial charge in [0, 0.05) is 50.3 Å². The van der Waals surface area contributed by atoms with Gasteiger partial charge in [-0.05, 0) is 99.3 Å². The van der Waals surface area contributed by atoms with Crippen LogP contribution in [0.3, 0.4) is 0 Å². The third-order valence-corrected chi connectivity index (χ3v) is 12.6. The summed E-state index contributed by atoms with van der Waals surface area (Å²) >= 11 is 0. The van der Waals surface area contributed by atoms with Gasteiger partial charge in [0.1, 0.15) is 5.84 Å². The van der Waals surface area contributed by atoms with E-state index in [1.807, 2.05) is 0 Å². The predicted molar refractivity (Wildman–Crippen MR) is 237 cm³/mol. The van der Waals surface area contributed by atoms with E-state index >= 15 is 0 Å². The van der Waals surface area contributed by atoms with Crippen LogP contribution in [0.5, 0.6) is 0 Å². The van der Waals surface area contributed by atoms with Gasteiger partial charge in [-0.2, -0.15) is 0 Å². The molecule has 1 aliphatic heterocycles. The summed E-state index contributed by atoms with van der Waals surface area (Å²) in [6, 6.07) is 64.1. The van der Waals surface area contributed by atoms with Crippen molar-refractivity contribution in [2.45, 2.75) is 25.3 Å². The summed E-state index contributed by atoms with van der Waals surface area (Å²) in [4.78, 5) is 5.22. The quantitative estimate of drug-likeness (QED) is 0.192. The second-order valence-electron chi connectivity index (χ2n) is 16.1. The van der Waals surface area contributed by atoms with E-state index in [-0.39, 0.29) is 11.5 Å². The molecular weight excluding hydrogens is 693 g/mol. The molecule has 57 heavy (non-hydrogen) atoms. The molecule has 2 aromatic heterocycles. The molecule has 0 saturated heterocycles. The molecule has 4 heteroatoms. The Labute approximate surface area is 331 Å². The van der Waals surface area contributed by atoms with Gasteiger partial charge in [0.15, 0.2) is 0 Å². The van der Waals surface area contributed by atoms with Crippen LogP contribution in [0.2, 0.25) is 0 Å². The number of hydrogen-bond donors (Lipinski definition) is 1. The second kappa shape index (κ2) is 11.9. The first-order chi connectivity index (χ1) is 28.0. The minimum absolute atomic E-state index is 0.0364. The normalized spacial score (nSPS) is 15.4. The zero-order valence-electron chi connectivity index (χ0n) is 31.7. The van der Waals surface area contributed by atoms with Crippen molar-refractivity contribution in [3.8, 4) is 22.5 Å². The molecule has 10 aromatic rings.